The quantitative estimate of drug-likeness (QED) is 0.866. The fraction of sp³-hybridized carbons (Fsp3) is 0.409. The molecule has 2 atom stereocenters. The highest BCUT2D eigenvalue weighted by Gasteiger charge is 2.27. The normalized spacial score (nSPS) is 18.4. The molecule has 3 heteroatoms. The number of hydrogen-bond donors (Lipinski definition) is 1. The summed E-state index contributed by atoms with van der Waals surface area (Å²) in [5, 5.41) is 3.13. The minimum atomic E-state index is 0.132. The van der Waals surface area contributed by atoms with Gasteiger partial charge in [0.2, 0.25) is 5.91 Å². The van der Waals surface area contributed by atoms with Crippen LogP contribution in [-0.2, 0) is 11.3 Å². The van der Waals surface area contributed by atoms with Gasteiger partial charge in [-0.3, -0.25) is 9.69 Å². The van der Waals surface area contributed by atoms with Gasteiger partial charge in [-0.1, -0.05) is 67.9 Å². The molecule has 1 heterocycles. The van der Waals surface area contributed by atoms with Crippen molar-refractivity contribution in [3.8, 4) is 0 Å². The molecule has 1 aliphatic heterocycles. The van der Waals surface area contributed by atoms with Crippen molar-refractivity contribution < 1.29 is 4.79 Å². The van der Waals surface area contributed by atoms with E-state index in [2.05, 4.69) is 78.7 Å². The summed E-state index contributed by atoms with van der Waals surface area (Å²) < 4.78 is 0. The Morgan fingerprint density at radius 3 is 2.64 bits per heavy atom. The van der Waals surface area contributed by atoms with Gasteiger partial charge in [0.25, 0.3) is 0 Å². The Bertz CT molecular complexity index is 698. The third-order valence-electron chi connectivity index (χ3n) is 4.96. The molecule has 3 rings (SSSR count). The molecule has 132 valence electrons. The fourth-order valence-corrected chi connectivity index (χ4v) is 3.80. The van der Waals surface area contributed by atoms with Crippen LogP contribution >= 0.6 is 0 Å². The largest absolute Gasteiger partial charge is 0.353 e. The first-order chi connectivity index (χ1) is 12.2. The van der Waals surface area contributed by atoms with Crippen LogP contribution in [0.1, 0.15) is 49.3 Å². The Balaban J connectivity index is 1.74. The van der Waals surface area contributed by atoms with Gasteiger partial charge >= 0.3 is 0 Å². The lowest BCUT2D eigenvalue weighted by Gasteiger charge is -2.34. The fourth-order valence-electron chi connectivity index (χ4n) is 3.80. The molecule has 0 spiro atoms. The molecule has 2 unspecified atom stereocenters. The molecule has 25 heavy (non-hydrogen) atoms. The number of nitrogens with one attached hydrogen (secondary N) is 1. The molecule has 3 nitrogen and oxygen atoms in total. The third kappa shape index (κ3) is 4.49. The van der Waals surface area contributed by atoms with Crippen molar-refractivity contribution in [2.75, 3.05) is 13.1 Å². The average Bonchev–Trinajstić information content (AvgIpc) is 2.62. The van der Waals surface area contributed by atoms with E-state index in [1.807, 2.05) is 0 Å². The monoisotopic (exact) mass is 336 g/mol. The van der Waals surface area contributed by atoms with Crippen LogP contribution in [0.25, 0.3) is 0 Å². The average molecular weight is 336 g/mol. The Hall–Kier alpha value is -2.13. The molecule has 0 aromatic heterocycles. The highest BCUT2D eigenvalue weighted by atomic mass is 16.2. The molecule has 2 aromatic carbocycles. The number of hydrogen-bond acceptors (Lipinski definition) is 2. The first kappa shape index (κ1) is 17.7. The van der Waals surface area contributed by atoms with Crippen molar-refractivity contribution in [1.29, 1.82) is 0 Å². The van der Waals surface area contributed by atoms with Crippen LogP contribution in [0.5, 0.6) is 0 Å². The van der Waals surface area contributed by atoms with E-state index in [-0.39, 0.29) is 11.9 Å². The second kappa shape index (κ2) is 8.30. The van der Waals surface area contributed by atoms with Crippen molar-refractivity contribution in [2.45, 2.75) is 45.2 Å². The summed E-state index contributed by atoms with van der Waals surface area (Å²) in [5.41, 5.74) is 4.04. The van der Waals surface area contributed by atoms with Crippen LogP contribution < -0.4 is 5.32 Å². The summed E-state index contributed by atoms with van der Waals surface area (Å²) in [5.74, 6) is 0.458. The van der Waals surface area contributed by atoms with E-state index >= 15 is 0 Å². The minimum absolute atomic E-state index is 0.132. The van der Waals surface area contributed by atoms with Gasteiger partial charge in [-0.25, -0.2) is 0 Å². The van der Waals surface area contributed by atoms with Crippen LogP contribution in [0.15, 0.2) is 54.6 Å². The van der Waals surface area contributed by atoms with E-state index in [0.29, 0.717) is 12.5 Å². The van der Waals surface area contributed by atoms with Gasteiger partial charge in [-0.05, 0) is 30.0 Å². The molecule has 2 aromatic rings. The lowest BCUT2D eigenvalue weighted by molar-refractivity contribution is -0.123. The van der Waals surface area contributed by atoms with Crippen molar-refractivity contribution in [3.63, 3.8) is 0 Å². The van der Waals surface area contributed by atoms with Gasteiger partial charge < -0.3 is 5.32 Å². The Labute approximate surface area is 151 Å². The van der Waals surface area contributed by atoms with E-state index in [1.54, 1.807) is 0 Å². The van der Waals surface area contributed by atoms with Crippen molar-refractivity contribution in [1.82, 2.24) is 10.2 Å². The first-order valence-electron chi connectivity index (χ1n) is 9.31. The van der Waals surface area contributed by atoms with Gasteiger partial charge in [0.05, 0.1) is 6.54 Å². The van der Waals surface area contributed by atoms with Crippen LogP contribution in [-0.4, -0.2) is 29.9 Å². The highest BCUT2D eigenvalue weighted by Crippen LogP contribution is 2.33. The Kier molecular flexibility index (Phi) is 5.87. The summed E-state index contributed by atoms with van der Waals surface area (Å²) in [6, 6.07) is 19.5. The molecule has 0 saturated carbocycles. The van der Waals surface area contributed by atoms with Crippen molar-refractivity contribution in [2.24, 2.45) is 0 Å². The molecule has 1 N–H and O–H groups in total. The maximum Gasteiger partial charge on any atom is 0.234 e. The summed E-state index contributed by atoms with van der Waals surface area (Å²) in [6.45, 7) is 6.42. The lowest BCUT2D eigenvalue weighted by atomic mass is 9.84. The number of amides is 1. The van der Waals surface area contributed by atoms with Gasteiger partial charge in [-0.15, -0.1) is 0 Å². The molecule has 0 fully saturated rings. The topological polar surface area (TPSA) is 32.3 Å². The molecule has 1 aliphatic rings. The zero-order valence-corrected chi connectivity index (χ0v) is 15.2. The van der Waals surface area contributed by atoms with Crippen LogP contribution in [0.4, 0.5) is 0 Å². The molecule has 0 aliphatic carbocycles. The van der Waals surface area contributed by atoms with E-state index < -0.39 is 0 Å². The summed E-state index contributed by atoms with van der Waals surface area (Å²) in [4.78, 5) is 14.7. The summed E-state index contributed by atoms with van der Waals surface area (Å²) in [6.07, 6.45) is 2.12. The number of nitrogens with zero attached hydrogens (tertiary/aromatic N) is 1. The summed E-state index contributed by atoms with van der Waals surface area (Å²) in [7, 11) is 0. The number of carbonyl (C=O) groups excluding carboxylic acids is 1. The smallest absolute Gasteiger partial charge is 0.234 e. The minimum Gasteiger partial charge on any atom is -0.353 e. The van der Waals surface area contributed by atoms with Crippen molar-refractivity contribution >= 4 is 5.91 Å². The molecule has 0 bridgehead atoms. The maximum atomic E-state index is 12.4. The maximum absolute atomic E-state index is 12.4. The number of fused-ring (bicyclic) bond motifs is 1. The predicted octanol–water partition coefficient (Wildman–Crippen LogP) is 3.94. The number of benzene rings is 2. The van der Waals surface area contributed by atoms with E-state index in [4.69, 9.17) is 0 Å². The summed E-state index contributed by atoms with van der Waals surface area (Å²) >= 11 is 0. The SMILES string of the molecule is CCCC(C)NC(=O)CN1Cc2ccccc2C(c2ccccc2)C1. The molecule has 0 radical (unpaired) electrons. The van der Waals surface area contributed by atoms with Gasteiger partial charge in [0, 0.05) is 25.0 Å². The van der Waals surface area contributed by atoms with E-state index in [0.717, 1.165) is 25.9 Å². The molecular formula is C22H28N2O. The molecular weight excluding hydrogens is 308 g/mol. The van der Waals surface area contributed by atoms with Gasteiger partial charge in [0.15, 0.2) is 0 Å². The standard InChI is InChI=1S/C22H28N2O/c1-3-9-17(2)23-22(25)16-24-14-19-12-7-8-13-20(19)21(15-24)18-10-5-4-6-11-18/h4-8,10-13,17,21H,3,9,14-16H2,1-2H3,(H,23,25). The molecule has 0 saturated heterocycles. The number of carbonyl (C=O) groups is 1. The second-order valence-electron chi connectivity index (χ2n) is 7.09. The predicted molar refractivity (Wildman–Crippen MR) is 103 cm³/mol. The van der Waals surface area contributed by atoms with Crippen LogP contribution in [0.2, 0.25) is 0 Å². The van der Waals surface area contributed by atoms with Crippen LogP contribution in [0.3, 0.4) is 0 Å². The molecule has 1 amide bonds. The lowest BCUT2D eigenvalue weighted by Crippen LogP contribution is -2.43. The second-order valence-corrected chi connectivity index (χ2v) is 7.09. The van der Waals surface area contributed by atoms with Crippen molar-refractivity contribution in [3.05, 3.63) is 71.3 Å². The van der Waals surface area contributed by atoms with Crippen LogP contribution in [0, 0.1) is 0 Å². The number of rotatable bonds is 6. The third-order valence-corrected chi connectivity index (χ3v) is 4.96. The zero-order chi connectivity index (χ0) is 17.6. The van der Waals surface area contributed by atoms with Gasteiger partial charge in [-0.2, -0.15) is 0 Å². The zero-order valence-electron chi connectivity index (χ0n) is 15.2. The van der Waals surface area contributed by atoms with Gasteiger partial charge in [0.1, 0.15) is 0 Å². The van der Waals surface area contributed by atoms with E-state index in [9.17, 15) is 4.79 Å². The first-order valence-corrected chi connectivity index (χ1v) is 9.31. The highest BCUT2D eigenvalue weighted by molar-refractivity contribution is 5.78. The Morgan fingerprint density at radius 1 is 1.16 bits per heavy atom. The van der Waals surface area contributed by atoms with E-state index in [1.165, 1.54) is 16.7 Å². The Morgan fingerprint density at radius 2 is 1.88 bits per heavy atom.